The van der Waals surface area contributed by atoms with Crippen LogP contribution < -0.4 is 10.6 Å². The highest BCUT2D eigenvalue weighted by Crippen LogP contribution is 2.29. The number of hydrogen-bond donors (Lipinski definition) is 2. The third kappa shape index (κ3) is 5.93. The molecule has 1 unspecified atom stereocenters. The van der Waals surface area contributed by atoms with Crippen molar-refractivity contribution in [3.05, 3.63) is 89.6 Å². The van der Waals surface area contributed by atoms with Gasteiger partial charge in [-0.2, -0.15) is 18.2 Å². The van der Waals surface area contributed by atoms with Gasteiger partial charge in [0.2, 0.25) is 11.8 Å². The van der Waals surface area contributed by atoms with Crippen LogP contribution >= 0.6 is 0 Å². The van der Waals surface area contributed by atoms with Crippen molar-refractivity contribution in [1.29, 1.82) is 0 Å². The Bertz CT molecular complexity index is 1310. The van der Waals surface area contributed by atoms with Crippen LogP contribution in [0, 0.1) is 11.6 Å². The zero-order valence-corrected chi connectivity index (χ0v) is 17.6. The van der Waals surface area contributed by atoms with E-state index in [-0.39, 0.29) is 29.4 Å². The fourth-order valence-electron chi connectivity index (χ4n) is 3.00. The lowest BCUT2D eigenvalue weighted by Gasteiger charge is -2.20. The maximum atomic E-state index is 13.4. The van der Waals surface area contributed by atoms with Crippen molar-refractivity contribution in [2.45, 2.75) is 12.2 Å². The molecule has 4 aromatic rings. The quantitative estimate of drug-likeness (QED) is 0.370. The standard InChI is InChI=1S/C22H15F5N6O2/c23-15-6-4-12(5-7-15)17(11-28-19(34)13-2-1-3-16(24)8-13)31-21-29-9-14(10-30-21)18-32-20(35-33-18)22(25,26)27/h1-10,17H,11H2,(H,28,34)(H,29,30,31). The van der Waals surface area contributed by atoms with Gasteiger partial charge in [-0.3, -0.25) is 4.79 Å². The zero-order chi connectivity index (χ0) is 25.0. The molecule has 35 heavy (non-hydrogen) atoms. The molecule has 8 nitrogen and oxygen atoms in total. The Morgan fingerprint density at radius 3 is 2.34 bits per heavy atom. The van der Waals surface area contributed by atoms with E-state index < -0.39 is 35.7 Å². The van der Waals surface area contributed by atoms with Crippen molar-refractivity contribution in [3.8, 4) is 11.4 Å². The summed E-state index contributed by atoms with van der Waals surface area (Å²) in [4.78, 5) is 23.8. The minimum Gasteiger partial charge on any atom is -0.350 e. The van der Waals surface area contributed by atoms with Gasteiger partial charge < -0.3 is 15.2 Å². The molecule has 0 saturated carbocycles. The average molecular weight is 490 g/mol. The Kier molecular flexibility index (Phi) is 6.66. The molecular weight excluding hydrogens is 475 g/mol. The van der Waals surface area contributed by atoms with Gasteiger partial charge >= 0.3 is 12.1 Å². The number of carbonyl (C=O) groups excluding carboxylic acids is 1. The van der Waals surface area contributed by atoms with Crippen LogP contribution in [0.2, 0.25) is 0 Å². The molecule has 2 N–H and O–H groups in total. The van der Waals surface area contributed by atoms with Crippen molar-refractivity contribution in [3.63, 3.8) is 0 Å². The zero-order valence-electron chi connectivity index (χ0n) is 17.6. The molecule has 0 aliphatic carbocycles. The van der Waals surface area contributed by atoms with Gasteiger partial charge in [0.25, 0.3) is 5.91 Å². The summed E-state index contributed by atoms with van der Waals surface area (Å²) in [5.74, 6) is -3.35. The minimum atomic E-state index is -4.79. The third-order valence-corrected chi connectivity index (χ3v) is 4.71. The lowest BCUT2D eigenvalue weighted by molar-refractivity contribution is -0.159. The van der Waals surface area contributed by atoms with Crippen molar-refractivity contribution in [2.75, 3.05) is 11.9 Å². The van der Waals surface area contributed by atoms with Gasteiger partial charge in [0, 0.05) is 24.5 Å². The second-order valence-corrected chi connectivity index (χ2v) is 7.19. The third-order valence-electron chi connectivity index (χ3n) is 4.71. The van der Waals surface area contributed by atoms with Crippen molar-refractivity contribution in [1.82, 2.24) is 25.4 Å². The van der Waals surface area contributed by atoms with Crippen LogP contribution in [0.5, 0.6) is 0 Å². The first kappa shape index (κ1) is 23.7. The summed E-state index contributed by atoms with van der Waals surface area (Å²) in [5, 5.41) is 8.89. The molecule has 0 aliphatic rings. The number of halogens is 5. The Labute approximate surface area is 194 Å². The number of carbonyl (C=O) groups is 1. The van der Waals surface area contributed by atoms with Gasteiger partial charge in [0.05, 0.1) is 11.6 Å². The fourth-order valence-corrected chi connectivity index (χ4v) is 3.00. The molecule has 180 valence electrons. The van der Waals surface area contributed by atoms with E-state index in [1.807, 2.05) is 0 Å². The van der Waals surface area contributed by atoms with Gasteiger partial charge in [0.15, 0.2) is 0 Å². The average Bonchev–Trinajstić information content (AvgIpc) is 3.34. The van der Waals surface area contributed by atoms with Crippen LogP contribution in [-0.2, 0) is 6.18 Å². The maximum absolute atomic E-state index is 13.4. The van der Waals surface area contributed by atoms with E-state index in [1.54, 1.807) is 0 Å². The molecule has 0 radical (unpaired) electrons. The predicted octanol–water partition coefficient (Wildman–Crippen LogP) is 4.41. The molecular formula is C22H15F5N6O2. The summed E-state index contributed by atoms with van der Waals surface area (Å²) in [5.41, 5.74) is 0.765. The summed E-state index contributed by atoms with van der Waals surface area (Å²) in [6.45, 7) is -0.00806. The monoisotopic (exact) mass is 490 g/mol. The predicted molar refractivity (Wildman–Crippen MR) is 112 cm³/mol. The van der Waals surface area contributed by atoms with Gasteiger partial charge in [-0.25, -0.2) is 18.7 Å². The number of hydrogen-bond acceptors (Lipinski definition) is 7. The lowest BCUT2D eigenvalue weighted by Crippen LogP contribution is -2.32. The Morgan fingerprint density at radius 1 is 1.00 bits per heavy atom. The second-order valence-electron chi connectivity index (χ2n) is 7.19. The maximum Gasteiger partial charge on any atom is 0.471 e. The van der Waals surface area contributed by atoms with E-state index in [9.17, 15) is 26.7 Å². The Balaban J connectivity index is 1.50. The highest BCUT2D eigenvalue weighted by atomic mass is 19.4. The molecule has 0 aliphatic heterocycles. The van der Waals surface area contributed by atoms with Crippen LogP contribution in [0.3, 0.4) is 0 Å². The summed E-state index contributed by atoms with van der Waals surface area (Å²) >= 11 is 0. The largest absolute Gasteiger partial charge is 0.471 e. The highest BCUT2D eigenvalue weighted by Gasteiger charge is 2.38. The number of nitrogens with zero attached hydrogens (tertiary/aromatic N) is 4. The molecule has 0 spiro atoms. The SMILES string of the molecule is O=C(NCC(Nc1ncc(-c2noc(C(F)(F)F)n2)cn1)c1ccc(F)cc1)c1cccc(F)c1. The van der Waals surface area contributed by atoms with Crippen LogP contribution in [0.1, 0.15) is 27.9 Å². The van der Waals surface area contributed by atoms with Crippen LogP contribution in [0.25, 0.3) is 11.4 Å². The first-order chi connectivity index (χ1) is 16.7. The van der Waals surface area contributed by atoms with E-state index in [0.29, 0.717) is 5.56 Å². The first-order valence-corrected chi connectivity index (χ1v) is 9.98. The first-order valence-electron chi connectivity index (χ1n) is 9.98. The highest BCUT2D eigenvalue weighted by molar-refractivity contribution is 5.94. The number of rotatable bonds is 7. The van der Waals surface area contributed by atoms with E-state index in [1.165, 1.54) is 54.9 Å². The molecule has 4 rings (SSSR count). The smallest absolute Gasteiger partial charge is 0.350 e. The van der Waals surface area contributed by atoms with E-state index in [4.69, 9.17) is 0 Å². The number of nitrogens with one attached hydrogen (secondary N) is 2. The van der Waals surface area contributed by atoms with Crippen LogP contribution in [0.15, 0.2) is 65.4 Å². The Hall–Kier alpha value is -4.42. The number of benzene rings is 2. The molecule has 2 aromatic heterocycles. The molecule has 13 heteroatoms. The number of amides is 1. The summed E-state index contributed by atoms with van der Waals surface area (Å²) in [6.07, 6.45) is -2.41. The summed E-state index contributed by atoms with van der Waals surface area (Å²) in [7, 11) is 0. The summed E-state index contributed by atoms with van der Waals surface area (Å²) in [6, 6.07) is 9.95. The molecule has 0 bridgehead atoms. The Morgan fingerprint density at radius 2 is 1.71 bits per heavy atom. The van der Waals surface area contributed by atoms with E-state index in [0.717, 1.165) is 6.07 Å². The van der Waals surface area contributed by atoms with E-state index >= 15 is 0 Å². The van der Waals surface area contributed by atoms with Crippen molar-refractivity contribution >= 4 is 11.9 Å². The summed E-state index contributed by atoms with van der Waals surface area (Å²) < 4.78 is 69.0. The lowest BCUT2D eigenvalue weighted by atomic mass is 10.1. The van der Waals surface area contributed by atoms with Crippen molar-refractivity contribution < 1.29 is 31.3 Å². The molecule has 1 atom stereocenters. The van der Waals surface area contributed by atoms with Gasteiger partial charge in [0.1, 0.15) is 11.6 Å². The fraction of sp³-hybridized carbons (Fsp3) is 0.136. The second kappa shape index (κ2) is 9.83. The van der Waals surface area contributed by atoms with Gasteiger partial charge in [-0.05, 0) is 35.9 Å². The van der Waals surface area contributed by atoms with Crippen LogP contribution in [-0.4, -0.2) is 32.6 Å². The number of anilines is 1. The topological polar surface area (TPSA) is 106 Å². The van der Waals surface area contributed by atoms with Gasteiger partial charge in [-0.15, -0.1) is 0 Å². The molecule has 0 saturated heterocycles. The van der Waals surface area contributed by atoms with Crippen LogP contribution in [0.4, 0.5) is 27.9 Å². The van der Waals surface area contributed by atoms with Gasteiger partial charge in [-0.1, -0.05) is 23.4 Å². The molecule has 2 heterocycles. The number of aromatic nitrogens is 4. The minimum absolute atomic E-state index is 0.00806. The van der Waals surface area contributed by atoms with Crippen molar-refractivity contribution in [2.24, 2.45) is 0 Å². The number of alkyl halides is 3. The van der Waals surface area contributed by atoms with E-state index in [2.05, 4.69) is 35.3 Å². The molecule has 0 fully saturated rings. The molecule has 1 amide bonds. The molecule has 2 aromatic carbocycles. The normalized spacial score (nSPS) is 12.3.